The van der Waals surface area contributed by atoms with Gasteiger partial charge in [-0.15, -0.1) is 0 Å². The number of alkyl halides is 3. The van der Waals surface area contributed by atoms with E-state index in [1.807, 2.05) is 0 Å². The lowest BCUT2D eigenvalue weighted by Crippen LogP contribution is -2.43. The zero-order valence-electron chi connectivity index (χ0n) is 14.7. The molecule has 0 saturated heterocycles. The van der Waals surface area contributed by atoms with Gasteiger partial charge >= 0.3 is 6.18 Å². The largest absolute Gasteiger partial charge is 0.431 e. The molecule has 13 heteroatoms. The maximum Gasteiger partial charge on any atom is 0.431 e. The summed E-state index contributed by atoms with van der Waals surface area (Å²) in [6, 6.07) is 8.09. The molecule has 3 rings (SSSR count). The van der Waals surface area contributed by atoms with Crippen molar-refractivity contribution in [1.29, 1.82) is 0 Å². The van der Waals surface area contributed by atoms with Crippen molar-refractivity contribution in [3.63, 3.8) is 0 Å². The minimum Gasteiger partial charge on any atom is -0.365 e. The van der Waals surface area contributed by atoms with E-state index >= 15 is 0 Å². The molecule has 0 saturated carbocycles. The van der Waals surface area contributed by atoms with Gasteiger partial charge in [-0.05, 0) is 12.1 Å². The molecule has 1 aliphatic heterocycles. The molecular weight excluding hydrogens is 413 g/mol. The van der Waals surface area contributed by atoms with Gasteiger partial charge in [0.05, 0.1) is 16.3 Å². The Balaban J connectivity index is 2.08. The minimum atomic E-state index is -4.97. The smallest absolute Gasteiger partial charge is 0.365 e. The molecule has 30 heavy (non-hydrogen) atoms. The molecule has 2 aromatic carbocycles. The Morgan fingerprint density at radius 3 is 2.20 bits per heavy atom. The fourth-order valence-corrected chi connectivity index (χ4v) is 2.86. The average Bonchev–Trinajstić information content (AvgIpc) is 3.07. The molecule has 0 spiro atoms. The quantitative estimate of drug-likeness (QED) is 0.591. The normalized spacial score (nSPS) is 18.8. The third-order valence-corrected chi connectivity index (χ3v) is 4.35. The van der Waals surface area contributed by atoms with Gasteiger partial charge in [0.15, 0.2) is 5.72 Å². The molecule has 0 fully saturated rings. The Hall–Kier alpha value is -3.87. The number of non-ortho nitro benzene ring substituents is 2. The summed E-state index contributed by atoms with van der Waals surface area (Å²) in [4.78, 5) is 33.0. The van der Waals surface area contributed by atoms with Gasteiger partial charge in [0.25, 0.3) is 17.3 Å². The summed E-state index contributed by atoms with van der Waals surface area (Å²) in [5.41, 5.74) is -5.63. The Morgan fingerprint density at radius 1 is 1.07 bits per heavy atom. The monoisotopic (exact) mass is 424 g/mol. The number of carbonyl (C=O) groups is 1. The molecule has 0 bridgehead atoms. The standard InChI is InChI=1S/C17H11F3N4O6/c18-17(19,20)14-9-16(26,11-2-1-3-13(8-11)24(29)30)22(21-14)15(25)10-4-6-12(7-5-10)23(27)28/h1-8,26H,9H2/t16-/m1/s1. The van der Waals surface area contributed by atoms with E-state index in [1.54, 1.807) is 0 Å². The van der Waals surface area contributed by atoms with E-state index in [0.29, 0.717) is 0 Å². The summed E-state index contributed by atoms with van der Waals surface area (Å²) in [7, 11) is 0. The summed E-state index contributed by atoms with van der Waals surface area (Å²) >= 11 is 0. The number of benzene rings is 2. The van der Waals surface area contributed by atoms with Crippen molar-refractivity contribution in [3.8, 4) is 0 Å². The molecule has 1 aliphatic rings. The van der Waals surface area contributed by atoms with Crippen LogP contribution in [0.3, 0.4) is 0 Å². The predicted molar refractivity (Wildman–Crippen MR) is 94.4 cm³/mol. The molecule has 1 N–H and O–H groups in total. The first-order chi connectivity index (χ1) is 13.9. The fraction of sp³-hybridized carbons (Fsp3) is 0.176. The SMILES string of the molecule is O=C(c1ccc([N+](=O)[O-])cc1)N1N=C(C(F)(F)F)C[C@@]1(O)c1cccc([N+](=O)[O-])c1. The number of nitro groups is 2. The van der Waals surface area contributed by atoms with E-state index in [0.717, 1.165) is 48.5 Å². The van der Waals surface area contributed by atoms with Crippen LogP contribution in [0.15, 0.2) is 53.6 Å². The maximum atomic E-state index is 13.2. The highest BCUT2D eigenvalue weighted by Crippen LogP contribution is 2.41. The van der Waals surface area contributed by atoms with Crippen LogP contribution in [0.5, 0.6) is 0 Å². The first-order valence-corrected chi connectivity index (χ1v) is 8.14. The number of carbonyl (C=O) groups excluding carboxylic acids is 1. The van der Waals surface area contributed by atoms with Crippen LogP contribution in [0.2, 0.25) is 0 Å². The lowest BCUT2D eigenvalue weighted by molar-refractivity contribution is -0.385. The summed E-state index contributed by atoms with van der Waals surface area (Å²) in [6.07, 6.45) is -6.13. The van der Waals surface area contributed by atoms with Gasteiger partial charge in [-0.1, -0.05) is 12.1 Å². The summed E-state index contributed by atoms with van der Waals surface area (Å²) in [5, 5.41) is 36.1. The van der Waals surface area contributed by atoms with Gasteiger partial charge in [0.1, 0.15) is 5.71 Å². The highest BCUT2D eigenvalue weighted by atomic mass is 19.4. The lowest BCUT2D eigenvalue weighted by Gasteiger charge is -2.31. The molecule has 2 aromatic rings. The summed E-state index contributed by atoms with van der Waals surface area (Å²) in [6.45, 7) is 0. The topological polar surface area (TPSA) is 139 Å². The number of hydrogen-bond donors (Lipinski definition) is 1. The van der Waals surface area contributed by atoms with Crippen LogP contribution >= 0.6 is 0 Å². The highest BCUT2D eigenvalue weighted by Gasteiger charge is 2.53. The number of amides is 1. The first-order valence-electron chi connectivity index (χ1n) is 8.14. The van der Waals surface area contributed by atoms with E-state index in [2.05, 4.69) is 5.10 Å². The van der Waals surface area contributed by atoms with Crippen LogP contribution in [-0.4, -0.2) is 37.8 Å². The number of rotatable bonds is 4. The predicted octanol–water partition coefficient (Wildman–Crippen LogP) is 3.11. The number of nitrogens with zero attached hydrogens (tertiary/aromatic N) is 4. The number of aliphatic hydroxyl groups is 1. The third kappa shape index (κ3) is 3.69. The van der Waals surface area contributed by atoms with Gasteiger partial charge in [-0.2, -0.15) is 23.3 Å². The molecule has 0 aromatic heterocycles. The van der Waals surface area contributed by atoms with Crippen molar-refractivity contribution < 1.29 is 32.9 Å². The Bertz CT molecular complexity index is 1070. The molecule has 0 aliphatic carbocycles. The van der Waals surface area contributed by atoms with E-state index < -0.39 is 45.5 Å². The van der Waals surface area contributed by atoms with Crippen molar-refractivity contribution in [3.05, 3.63) is 79.9 Å². The molecule has 1 heterocycles. The van der Waals surface area contributed by atoms with Crippen LogP contribution < -0.4 is 0 Å². The lowest BCUT2D eigenvalue weighted by atomic mass is 9.96. The number of hydrazone groups is 1. The zero-order valence-corrected chi connectivity index (χ0v) is 14.7. The second-order valence-electron chi connectivity index (χ2n) is 6.27. The van der Waals surface area contributed by atoms with Crippen molar-refractivity contribution >= 4 is 23.0 Å². The van der Waals surface area contributed by atoms with Crippen molar-refractivity contribution in [2.24, 2.45) is 5.10 Å². The van der Waals surface area contributed by atoms with Gasteiger partial charge in [-0.3, -0.25) is 25.0 Å². The summed E-state index contributed by atoms with van der Waals surface area (Å²) in [5.74, 6) is -1.18. The van der Waals surface area contributed by atoms with Crippen LogP contribution in [0, 0.1) is 20.2 Å². The van der Waals surface area contributed by atoms with Gasteiger partial charge in [-0.25, -0.2) is 0 Å². The van der Waals surface area contributed by atoms with Crippen LogP contribution in [-0.2, 0) is 5.72 Å². The van der Waals surface area contributed by atoms with Crippen molar-refractivity contribution in [2.75, 3.05) is 0 Å². The van der Waals surface area contributed by atoms with E-state index in [-0.39, 0.29) is 21.8 Å². The second-order valence-corrected chi connectivity index (χ2v) is 6.27. The molecular formula is C17H11F3N4O6. The molecule has 10 nitrogen and oxygen atoms in total. The zero-order chi connectivity index (χ0) is 22.3. The average molecular weight is 424 g/mol. The van der Waals surface area contributed by atoms with E-state index in [9.17, 15) is 43.3 Å². The molecule has 156 valence electrons. The maximum absolute atomic E-state index is 13.2. The molecule has 0 unspecified atom stereocenters. The molecule has 0 radical (unpaired) electrons. The second kappa shape index (κ2) is 7.18. The molecule has 1 atom stereocenters. The Labute approximate surface area is 165 Å². The number of halogens is 3. The first kappa shape index (κ1) is 20.9. The molecule has 1 amide bonds. The highest BCUT2D eigenvalue weighted by molar-refractivity contribution is 6.00. The minimum absolute atomic E-state index is 0.177. The Kier molecular flexibility index (Phi) is 4.99. The van der Waals surface area contributed by atoms with E-state index in [1.165, 1.54) is 0 Å². The fourth-order valence-electron chi connectivity index (χ4n) is 2.86. The number of nitro benzene ring substituents is 2. The van der Waals surface area contributed by atoms with Crippen LogP contribution in [0.4, 0.5) is 24.5 Å². The van der Waals surface area contributed by atoms with Crippen molar-refractivity contribution in [2.45, 2.75) is 18.3 Å². The van der Waals surface area contributed by atoms with Gasteiger partial charge < -0.3 is 5.11 Å². The third-order valence-electron chi connectivity index (χ3n) is 4.35. The summed E-state index contributed by atoms with van der Waals surface area (Å²) < 4.78 is 39.7. The van der Waals surface area contributed by atoms with Gasteiger partial charge in [0.2, 0.25) is 0 Å². The Morgan fingerprint density at radius 2 is 1.67 bits per heavy atom. The van der Waals surface area contributed by atoms with E-state index in [4.69, 9.17) is 0 Å². The van der Waals surface area contributed by atoms with Crippen molar-refractivity contribution in [1.82, 2.24) is 5.01 Å². The van der Waals surface area contributed by atoms with Crippen LogP contribution in [0.25, 0.3) is 0 Å². The van der Waals surface area contributed by atoms with Gasteiger partial charge in [0, 0.05) is 35.4 Å². The van der Waals surface area contributed by atoms with Crippen LogP contribution in [0.1, 0.15) is 22.3 Å². The number of hydrogen-bond acceptors (Lipinski definition) is 7.